The molecule has 0 unspecified atom stereocenters. The molecule has 6 nitrogen and oxygen atoms in total. The smallest absolute Gasteiger partial charge is 0.267 e. The SMILES string of the molecule is Cc1ccccc1NC(=O)c1cnc(Nc2cc(C3CCNCC3)ccn2)s1. The van der Waals surface area contributed by atoms with Gasteiger partial charge in [-0.2, -0.15) is 0 Å². The topological polar surface area (TPSA) is 78.9 Å². The van der Waals surface area contributed by atoms with Gasteiger partial charge in [-0.1, -0.05) is 29.5 Å². The van der Waals surface area contributed by atoms with Gasteiger partial charge in [0.15, 0.2) is 5.13 Å². The number of aryl methyl sites for hydroxylation is 1. The Balaban J connectivity index is 1.43. The molecule has 0 saturated carbocycles. The highest BCUT2D eigenvalue weighted by Gasteiger charge is 2.16. The molecule has 2 aromatic heterocycles. The zero-order valence-corrected chi connectivity index (χ0v) is 16.6. The average molecular weight is 394 g/mol. The van der Waals surface area contributed by atoms with E-state index in [9.17, 15) is 4.79 Å². The summed E-state index contributed by atoms with van der Waals surface area (Å²) in [6.45, 7) is 4.08. The van der Waals surface area contributed by atoms with Crippen molar-refractivity contribution in [1.82, 2.24) is 15.3 Å². The first-order chi connectivity index (χ1) is 13.7. The highest BCUT2D eigenvalue weighted by Crippen LogP contribution is 2.28. The molecule has 0 spiro atoms. The van der Waals surface area contributed by atoms with Gasteiger partial charge in [-0.05, 0) is 68.1 Å². The van der Waals surface area contributed by atoms with E-state index in [0.29, 0.717) is 15.9 Å². The van der Waals surface area contributed by atoms with Crippen LogP contribution in [-0.4, -0.2) is 29.0 Å². The van der Waals surface area contributed by atoms with Crippen LogP contribution in [0.25, 0.3) is 0 Å². The summed E-state index contributed by atoms with van der Waals surface area (Å²) in [5, 5.41) is 10.2. The summed E-state index contributed by atoms with van der Waals surface area (Å²) in [7, 11) is 0. The Labute approximate surface area is 168 Å². The van der Waals surface area contributed by atoms with Crippen molar-refractivity contribution < 1.29 is 4.79 Å². The van der Waals surface area contributed by atoms with Crippen LogP contribution in [0.2, 0.25) is 0 Å². The lowest BCUT2D eigenvalue weighted by Crippen LogP contribution is -2.26. The summed E-state index contributed by atoms with van der Waals surface area (Å²) in [4.78, 5) is 21.8. The van der Waals surface area contributed by atoms with Gasteiger partial charge in [-0.25, -0.2) is 9.97 Å². The third-order valence-corrected chi connectivity index (χ3v) is 5.86. The molecule has 0 bridgehead atoms. The fraction of sp³-hybridized carbons (Fsp3) is 0.286. The monoisotopic (exact) mass is 393 g/mol. The molecular weight excluding hydrogens is 370 g/mol. The lowest BCUT2D eigenvalue weighted by Gasteiger charge is -2.23. The quantitative estimate of drug-likeness (QED) is 0.602. The Morgan fingerprint density at radius 1 is 1.18 bits per heavy atom. The van der Waals surface area contributed by atoms with Crippen molar-refractivity contribution in [2.75, 3.05) is 23.7 Å². The Kier molecular flexibility index (Phi) is 5.64. The molecule has 1 aliphatic heterocycles. The van der Waals surface area contributed by atoms with Crippen LogP contribution in [0, 0.1) is 6.92 Å². The molecular formula is C21H23N5OS. The molecule has 0 aliphatic carbocycles. The molecule has 0 radical (unpaired) electrons. The number of para-hydroxylation sites is 1. The van der Waals surface area contributed by atoms with Crippen molar-refractivity contribution in [1.29, 1.82) is 0 Å². The van der Waals surface area contributed by atoms with E-state index in [2.05, 4.69) is 38.1 Å². The number of benzene rings is 1. The molecule has 1 fully saturated rings. The highest BCUT2D eigenvalue weighted by molar-refractivity contribution is 7.17. The predicted molar refractivity (Wildman–Crippen MR) is 114 cm³/mol. The van der Waals surface area contributed by atoms with Crippen molar-refractivity contribution >= 4 is 33.9 Å². The maximum absolute atomic E-state index is 12.5. The van der Waals surface area contributed by atoms with E-state index in [1.165, 1.54) is 16.9 Å². The molecule has 3 heterocycles. The summed E-state index contributed by atoms with van der Waals surface area (Å²) in [5.74, 6) is 1.17. The molecule has 4 rings (SSSR count). The first kappa shape index (κ1) is 18.6. The van der Waals surface area contributed by atoms with Crippen molar-refractivity contribution in [2.24, 2.45) is 0 Å². The van der Waals surface area contributed by atoms with Gasteiger partial charge >= 0.3 is 0 Å². The molecule has 1 aliphatic rings. The molecule has 3 N–H and O–H groups in total. The van der Waals surface area contributed by atoms with Gasteiger partial charge in [0.1, 0.15) is 10.7 Å². The van der Waals surface area contributed by atoms with Crippen LogP contribution >= 0.6 is 11.3 Å². The van der Waals surface area contributed by atoms with Crippen LogP contribution in [0.15, 0.2) is 48.8 Å². The summed E-state index contributed by atoms with van der Waals surface area (Å²) in [6, 6.07) is 11.9. The number of thiazole rings is 1. The minimum atomic E-state index is -0.156. The predicted octanol–water partition coefficient (Wildman–Crippen LogP) is 4.31. The lowest BCUT2D eigenvalue weighted by atomic mass is 9.91. The van der Waals surface area contributed by atoms with E-state index in [-0.39, 0.29) is 5.91 Å². The first-order valence-electron chi connectivity index (χ1n) is 9.45. The van der Waals surface area contributed by atoms with Gasteiger partial charge in [0.25, 0.3) is 5.91 Å². The number of amides is 1. The van der Waals surface area contributed by atoms with E-state index in [0.717, 1.165) is 43.0 Å². The van der Waals surface area contributed by atoms with E-state index < -0.39 is 0 Å². The second kappa shape index (κ2) is 8.50. The van der Waals surface area contributed by atoms with E-state index in [1.807, 2.05) is 37.4 Å². The van der Waals surface area contributed by atoms with Crippen molar-refractivity contribution in [3.8, 4) is 0 Å². The number of hydrogen-bond donors (Lipinski definition) is 3. The molecule has 144 valence electrons. The van der Waals surface area contributed by atoms with Gasteiger partial charge in [0, 0.05) is 11.9 Å². The normalized spacial score (nSPS) is 14.6. The molecule has 28 heavy (non-hydrogen) atoms. The minimum Gasteiger partial charge on any atom is -0.321 e. The van der Waals surface area contributed by atoms with E-state index in [1.54, 1.807) is 6.20 Å². The molecule has 1 saturated heterocycles. The van der Waals surface area contributed by atoms with E-state index >= 15 is 0 Å². The van der Waals surface area contributed by atoms with Crippen LogP contribution in [0.5, 0.6) is 0 Å². The van der Waals surface area contributed by atoms with Crippen LogP contribution in [0.4, 0.5) is 16.6 Å². The number of rotatable bonds is 5. The van der Waals surface area contributed by atoms with Crippen molar-refractivity contribution in [2.45, 2.75) is 25.7 Å². The molecule has 7 heteroatoms. The number of hydrogen-bond acceptors (Lipinski definition) is 6. The zero-order chi connectivity index (χ0) is 19.3. The highest BCUT2D eigenvalue weighted by atomic mass is 32.1. The summed E-state index contributed by atoms with van der Waals surface area (Å²) in [5.41, 5.74) is 3.14. The molecule has 1 amide bonds. The Hall–Kier alpha value is -2.77. The van der Waals surface area contributed by atoms with Gasteiger partial charge in [-0.3, -0.25) is 4.79 Å². The maximum Gasteiger partial charge on any atom is 0.267 e. The first-order valence-corrected chi connectivity index (χ1v) is 10.3. The number of nitrogens with zero attached hydrogens (tertiary/aromatic N) is 2. The maximum atomic E-state index is 12.5. The average Bonchev–Trinajstić information content (AvgIpc) is 3.19. The van der Waals surface area contributed by atoms with Gasteiger partial charge < -0.3 is 16.0 Å². The second-order valence-electron chi connectivity index (χ2n) is 6.92. The van der Waals surface area contributed by atoms with Crippen LogP contribution in [0.1, 0.15) is 39.6 Å². The Morgan fingerprint density at radius 3 is 2.82 bits per heavy atom. The number of aromatic nitrogens is 2. The van der Waals surface area contributed by atoms with Crippen LogP contribution in [-0.2, 0) is 0 Å². The number of carbonyl (C=O) groups is 1. The van der Waals surface area contributed by atoms with Crippen LogP contribution < -0.4 is 16.0 Å². The third kappa shape index (κ3) is 4.37. The summed E-state index contributed by atoms with van der Waals surface area (Å²) < 4.78 is 0. The molecule has 0 atom stereocenters. The fourth-order valence-electron chi connectivity index (χ4n) is 3.37. The number of piperidine rings is 1. The van der Waals surface area contributed by atoms with Crippen LogP contribution in [0.3, 0.4) is 0 Å². The second-order valence-corrected chi connectivity index (χ2v) is 7.95. The summed E-state index contributed by atoms with van der Waals surface area (Å²) in [6.07, 6.45) is 5.71. The number of anilines is 3. The Morgan fingerprint density at radius 2 is 2.00 bits per heavy atom. The lowest BCUT2D eigenvalue weighted by molar-refractivity contribution is 0.103. The zero-order valence-electron chi connectivity index (χ0n) is 15.7. The fourth-order valence-corrected chi connectivity index (χ4v) is 4.09. The third-order valence-electron chi connectivity index (χ3n) is 4.95. The van der Waals surface area contributed by atoms with Crippen molar-refractivity contribution in [3.63, 3.8) is 0 Å². The largest absolute Gasteiger partial charge is 0.321 e. The number of nitrogens with one attached hydrogen (secondary N) is 3. The van der Waals surface area contributed by atoms with E-state index in [4.69, 9.17) is 0 Å². The molecule has 1 aromatic carbocycles. The molecule has 3 aromatic rings. The Bertz CT molecular complexity index is 965. The van der Waals surface area contributed by atoms with Crippen molar-refractivity contribution in [3.05, 3.63) is 64.8 Å². The number of pyridine rings is 1. The number of carbonyl (C=O) groups excluding carboxylic acids is 1. The van der Waals surface area contributed by atoms with Gasteiger partial charge in [-0.15, -0.1) is 0 Å². The van der Waals surface area contributed by atoms with Gasteiger partial charge in [0.05, 0.1) is 6.20 Å². The summed E-state index contributed by atoms with van der Waals surface area (Å²) >= 11 is 1.32. The minimum absolute atomic E-state index is 0.156. The standard InChI is InChI=1S/C21H23N5OS/c1-14-4-2-3-5-17(14)25-20(27)18-13-24-21(28-18)26-19-12-16(8-11-23-19)15-6-9-22-10-7-15/h2-5,8,11-13,15,22H,6-7,9-10H2,1H3,(H,25,27)(H,23,24,26). The van der Waals surface area contributed by atoms with Gasteiger partial charge in [0.2, 0.25) is 0 Å².